The Morgan fingerprint density at radius 3 is 1.67 bits per heavy atom. The highest BCUT2D eigenvalue weighted by Crippen LogP contribution is 2.24. The molecule has 3 aliphatic rings. The van der Waals surface area contributed by atoms with Gasteiger partial charge in [-0.15, -0.1) is 0 Å². The number of allylic oxidation sites excluding steroid dienone is 1. The molecule has 0 saturated carbocycles. The standard InChI is InChI=1S/C61H97N13O20/c1-8-33(4)21-16-14-12-10-9-11-13-15-17-24-42(75)66-39(29-47(82)83)54(86)72-51-36(7)65-55(87)41-23-20-26-74(41)59(91)48(32(2)3)70-58(90)50(35(6)62)69-44(77)31-64-52(84)37(27-45(78)79)67-43(76)30-63-53(85)38(28-46(80)81)68-57(89)49(34(5)61(93)94)71-56(88)40-22-18-19-25-73(40)60(51)92/h15,17,32-41,48-51H,8-14,16,18-31,62H2,1-7H3,(H,63,85)(H,64,84)(H,65,87)(H,66,75)(H,67,76)(H,68,89)(H,69,77)(H,70,90)(H,71,88)(H,72,86)(H,78,79)(H,80,81)(H,82,83)(H,93,94)/b17-15-/t33?,34-,35+,36+,37-,38-,39-,40+,41-,48-,49-,50+,51+/m0/s1. The number of rotatable bonds is 25. The van der Waals surface area contributed by atoms with Crippen molar-refractivity contribution in [2.24, 2.45) is 23.5 Å². The smallest absolute Gasteiger partial charge is 0.308 e. The van der Waals surface area contributed by atoms with E-state index >= 15 is 4.79 Å². The third-order valence-electron chi connectivity index (χ3n) is 16.6. The van der Waals surface area contributed by atoms with Crippen LogP contribution in [0, 0.1) is 17.8 Å². The third-order valence-corrected chi connectivity index (χ3v) is 16.6. The Hall–Kier alpha value is -8.78. The Morgan fingerprint density at radius 1 is 0.585 bits per heavy atom. The molecule has 0 aliphatic carbocycles. The van der Waals surface area contributed by atoms with E-state index in [0.29, 0.717) is 12.3 Å². The van der Waals surface area contributed by atoms with Crippen molar-refractivity contribution < 1.29 is 97.1 Å². The van der Waals surface area contributed by atoms with Crippen LogP contribution >= 0.6 is 0 Å². The van der Waals surface area contributed by atoms with Crippen LogP contribution in [0.5, 0.6) is 0 Å². The highest BCUT2D eigenvalue weighted by molar-refractivity contribution is 6.01. The van der Waals surface area contributed by atoms with Gasteiger partial charge in [0.25, 0.3) is 0 Å². The first-order chi connectivity index (χ1) is 44.3. The number of carbonyl (C=O) groups is 16. The summed E-state index contributed by atoms with van der Waals surface area (Å²) < 4.78 is 0. The Labute approximate surface area is 545 Å². The van der Waals surface area contributed by atoms with Crippen molar-refractivity contribution in [1.29, 1.82) is 0 Å². The molecular weight excluding hydrogens is 1230 g/mol. The minimum Gasteiger partial charge on any atom is -0.481 e. The minimum atomic E-state index is -2.15. The molecule has 0 spiro atoms. The van der Waals surface area contributed by atoms with Crippen LogP contribution in [-0.2, 0) is 76.7 Å². The number of aliphatic carboxylic acids is 4. The molecule has 3 aliphatic heterocycles. The van der Waals surface area contributed by atoms with Crippen molar-refractivity contribution in [3.8, 4) is 0 Å². The number of fused-ring (bicyclic) bond motifs is 2. The first-order valence-electron chi connectivity index (χ1n) is 32.1. The maximum atomic E-state index is 15.2. The Kier molecular flexibility index (Phi) is 33.6. The summed E-state index contributed by atoms with van der Waals surface area (Å²) >= 11 is 0. The molecule has 0 aromatic carbocycles. The molecule has 3 fully saturated rings. The average molecular weight is 1330 g/mol. The number of amides is 12. The molecule has 526 valence electrons. The van der Waals surface area contributed by atoms with Crippen LogP contribution in [0.25, 0.3) is 0 Å². The third kappa shape index (κ3) is 26.3. The fourth-order valence-corrected chi connectivity index (χ4v) is 10.9. The van der Waals surface area contributed by atoms with Gasteiger partial charge in [-0.05, 0) is 77.6 Å². The summed E-state index contributed by atoms with van der Waals surface area (Å²) in [5.74, 6) is -21.8. The van der Waals surface area contributed by atoms with Crippen molar-refractivity contribution in [3.63, 3.8) is 0 Å². The van der Waals surface area contributed by atoms with E-state index in [9.17, 15) is 92.3 Å². The molecule has 33 nitrogen and oxygen atoms in total. The van der Waals surface area contributed by atoms with Crippen LogP contribution in [0.1, 0.15) is 164 Å². The second-order valence-electron chi connectivity index (χ2n) is 24.7. The van der Waals surface area contributed by atoms with Gasteiger partial charge in [-0.1, -0.05) is 84.8 Å². The maximum Gasteiger partial charge on any atom is 0.308 e. The molecule has 12 amide bonds. The lowest BCUT2D eigenvalue weighted by atomic mass is 9.96. The SMILES string of the molecule is CCC(C)CCCCCCCC/C=C\CC(=O)N[C@@H](CC(=O)O)C(=O)N[C@H]1C(=O)N2CCCC[C@@H]2C(=O)N[C@@H]([C@H](C)C(=O)O)C(=O)N[C@@H](CC(=O)O)C(=O)NCC(=O)N[C@@H](CC(=O)O)C(=O)NCC(=O)N[C@H]([C@@H](C)N)C(=O)N[C@@H](C(C)C)C(=O)N2CCC[C@H]2C(=O)N[C@@H]1C. The lowest BCUT2D eigenvalue weighted by Crippen LogP contribution is -2.66. The topological polar surface area (TPSA) is 507 Å². The summed E-state index contributed by atoms with van der Waals surface area (Å²) in [6.45, 7) is 8.79. The van der Waals surface area contributed by atoms with Crippen LogP contribution in [0.3, 0.4) is 0 Å². The van der Waals surface area contributed by atoms with Gasteiger partial charge in [0.05, 0.1) is 44.3 Å². The molecule has 3 saturated heterocycles. The Bertz CT molecular complexity index is 2760. The highest BCUT2D eigenvalue weighted by Gasteiger charge is 2.45. The van der Waals surface area contributed by atoms with Gasteiger partial charge < -0.3 is 89.1 Å². The number of carboxylic acid groups (broad SMARTS) is 4. The van der Waals surface area contributed by atoms with E-state index in [4.69, 9.17) is 5.73 Å². The largest absolute Gasteiger partial charge is 0.481 e. The number of nitrogens with two attached hydrogens (primary N) is 1. The summed E-state index contributed by atoms with van der Waals surface area (Å²) in [5.41, 5.74) is 6.12. The second kappa shape index (κ2) is 39.7. The van der Waals surface area contributed by atoms with Crippen molar-refractivity contribution in [2.45, 2.75) is 231 Å². The average Bonchev–Trinajstić information content (AvgIpc) is 1.28. The summed E-state index contributed by atoms with van der Waals surface area (Å²) in [7, 11) is 0. The number of piperidine rings is 1. The fourth-order valence-electron chi connectivity index (χ4n) is 10.9. The van der Waals surface area contributed by atoms with E-state index < -0.39 is 205 Å². The number of carbonyl (C=O) groups excluding carboxylic acids is 12. The van der Waals surface area contributed by atoms with Crippen molar-refractivity contribution in [1.82, 2.24) is 63.0 Å². The van der Waals surface area contributed by atoms with Gasteiger partial charge in [-0.2, -0.15) is 0 Å². The van der Waals surface area contributed by atoms with Gasteiger partial charge in [0.2, 0.25) is 70.9 Å². The number of hydrogen-bond acceptors (Lipinski definition) is 17. The lowest BCUT2D eigenvalue weighted by Gasteiger charge is -2.39. The van der Waals surface area contributed by atoms with Crippen LogP contribution in [-0.4, -0.2) is 218 Å². The number of nitrogens with one attached hydrogen (secondary N) is 10. The monoisotopic (exact) mass is 1330 g/mol. The molecule has 0 aromatic rings. The summed E-state index contributed by atoms with van der Waals surface area (Å²) in [6.07, 6.45) is 9.67. The fraction of sp³-hybridized carbons (Fsp3) is 0.705. The Balaban J connectivity index is 2.13. The predicted molar refractivity (Wildman–Crippen MR) is 333 cm³/mol. The zero-order valence-electron chi connectivity index (χ0n) is 54.6. The molecule has 3 heterocycles. The molecular formula is C61H97N13O20. The quantitative estimate of drug-likeness (QED) is 0.0340. The number of nitrogens with zero attached hydrogens (tertiary/aromatic N) is 2. The van der Waals surface area contributed by atoms with Crippen LogP contribution in [0.15, 0.2) is 12.2 Å². The molecule has 1 unspecified atom stereocenters. The Morgan fingerprint density at radius 2 is 1.11 bits per heavy atom. The number of unbranched alkanes of at least 4 members (excludes halogenated alkanes) is 6. The molecule has 94 heavy (non-hydrogen) atoms. The summed E-state index contributed by atoms with van der Waals surface area (Å²) in [5, 5.41) is 62.4. The normalized spacial score (nSPS) is 25.2. The first-order valence-corrected chi connectivity index (χ1v) is 32.1. The van der Waals surface area contributed by atoms with Gasteiger partial charge in [0, 0.05) is 25.6 Å². The van der Waals surface area contributed by atoms with E-state index in [-0.39, 0.29) is 51.6 Å². The lowest BCUT2D eigenvalue weighted by molar-refractivity contribution is -0.150. The van der Waals surface area contributed by atoms with Gasteiger partial charge in [0.15, 0.2) is 0 Å². The first kappa shape index (κ1) is 79.5. The molecule has 16 N–H and O–H groups in total. The van der Waals surface area contributed by atoms with Crippen LogP contribution in [0.2, 0.25) is 0 Å². The van der Waals surface area contributed by atoms with E-state index in [0.717, 1.165) is 50.3 Å². The van der Waals surface area contributed by atoms with E-state index in [1.165, 1.54) is 31.6 Å². The molecule has 13 atom stereocenters. The molecule has 0 aromatic heterocycles. The van der Waals surface area contributed by atoms with E-state index in [1.54, 1.807) is 26.0 Å². The number of carboxylic acids is 4. The van der Waals surface area contributed by atoms with Crippen LogP contribution in [0.4, 0.5) is 0 Å². The predicted octanol–water partition coefficient (Wildman–Crippen LogP) is -2.24. The van der Waals surface area contributed by atoms with Crippen molar-refractivity contribution in [2.75, 3.05) is 26.2 Å². The van der Waals surface area contributed by atoms with Crippen molar-refractivity contribution in [3.05, 3.63) is 12.2 Å². The second-order valence-corrected chi connectivity index (χ2v) is 24.7. The van der Waals surface area contributed by atoms with Gasteiger partial charge in [-0.3, -0.25) is 76.7 Å². The van der Waals surface area contributed by atoms with E-state index in [1.807, 2.05) is 10.6 Å². The maximum absolute atomic E-state index is 15.2. The van der Waals surface area contributed by atoms with Gasteiger partial charge in [-0.25, -0.2) is 0 Å². The van der Waals surface area contributed by atoms with Gasteiger partial charge >= 0.3 is 23.9 Å². The molecule has 3 rings (SSSR count). The van der Waals surface area contributed by atoms with E-state index in [2.05, 4.69) is 56.4 Å². The zero-order valence-corrected chi connectivity index (χ0v) is 54.6. The molecule has 33 heteroatoms. The summed E-state index contributed by atoms with van der Waals surface area (Å²) in [4.78, 5) is 219. The highest BCUT2D eigenvalue weighted by atomic mass is 16.4. The molecule has 0 radical (unpaired) electrons. The van der Waals surface area contributed by atoms with Crippen molar-refractivity contribution >= 4 is 94.8 Å². The van der Waals surface area contributed by atoms with Crippen LogP contribution < -0.4 is 58.9 Å². The summed E-state index contributed by atoms with van der Waals surface area (Å²) in [6, 6.07) is -18.5. The zero-order chi connectivity index (χ0) is 70.5. The number of hydrogen-bond donors (Lipinski definition) is 15. The minimum absolute atomic E-state index is 0.0225. The molecule has 0 bridgehead atoms. The van der Waals surface area contributed by atoms with Gasteiger partial charge in [0.1, 0.15) is 54.4 Å².